The first-order chi connectivity index (χ1) is 8.58. The van der Waals surface area contributed by atoms with Crippen LogP contribution in [0.4, 0.5) is 0 Å². The van der Waals surface area contributed by atoms with E-state index in [0.717, 1.165) is 38.0 Å². The number of amides is 1. The molecule has 2 aliphatic rings. The quantitative estimate of drug-likeness (QED) is 0.856. The van der Waals surface area contributed by atoms with Gasteiger partial charge in [-0.25, -0.2) is 0 Å². The molecule has 0 bridgehead atoms. The zero-order valence-corrected chi connectivity index (χ0v) is 14.4. The summed E-state index contributed by atoms with van der Waals surface area (Å²) in [5.74, 6) is 1.90. The molecule has 0 spiro atoms. The van der Waals surface area contributed by atoms with Crippen molar-refractivity contribution in [1.82, 2.24) is 15.1 Å². The molecule has 2 atom stereocenters. The molecular formula is C14H29Cl2N3O. The van der Waals surface area contributed by atoms with Crippen molar-refractivity contribution in [1.29, 1.82) is 0 Å². The largest absolute Gasteiger partial charge is 0.342 e. The number of hydrogen-bond donors (Lipinski definition) is 1. The summed E-state index contributed by atoms with van der Waals surface area (Å²) >= 11 is 0. The maximum Gasteiger partial charge on any atom is 0.236 e. The van der Waals surface area contributed by atoms with Gasteiger partial charge in [-0.15, -0.1) is 24.8 Å². The minimum Gasteiger partial charge on any atom is -0.342 e. The Balaban J connectivity index is 0.00000180. The Hall–Kier alpha value is -0.0300. The summed E-state index contributed by atoms with van der Waals surface area (Å²) in [6.07, 6.45) is 2.35. The monoisotopic (exact) mass is 325 g/mol. The van der Waals surface area contributed by atoms with E-state index in [2.05, 4.69) is 29.0 Å². The average Bonchev–Trinajstić information content (AvgIpc) is 2.67. The summed E-state index contributed by atoms with van der Waals surface area (Å²) < 4.78 is 0. The van der Waals surface area contributed by atoms with Crippen molar-refractivity contribution in [2.45, 2.75) is 32.7 Å². The summed E-state index contributed by atoms with van der Waals surface area (Å²) in [7, 11) is 2.03. The molecular weight excluding hydrogens is 297 g/mol. The van der Waals surface area contributed by atoms with E-state index in [-0.39, 0.29) is 24.8 Å². The molecule has 0 aromatic rings. The number of nitrogens with one attached hydrogen (secondary N) is 1. The number of carbonyl (C=O) groups is 1. The van der Waals surface area contributed by atoms with Crippen molar-refractivity contribution >= 4 is 30.7 Å². The van der Waals surface area contributed by atoms with Gasteiger partial charge < -0.3 is 10.2 Å². The second kappa shape index (κ2) is 9.08. The second-order valence-electron chi connectivity index (χ2n) is 6.15. The lowest BCUT2D eigenvalue weighted by Gasteiger charge is -2.26. The summed E-state index contributed by atoms with van der Waals surface area (Å²) in [6, 6.07) is 0.435. The number of likely N-dealkylation sites (N-methyl/N-ethyl adjacent to an activating group) is 1. The minimum absolute atomic E-state index is 0. The van der Waals surface area contributed by atoms with E-state index < -0.39 is 0 Å². The summed E-state index contributed by atoms with van der Waals surface area (Å²) in [4.78, 5) is 16.5. The third kappa shape index (κ3) is 5.06. The van der Waals surface area contributed by atoms with Crippen LogP contribution in [-0.4, -0.2) is 61.5 Å². The predicted octanol–water partition coefficient (Wildman–Crippen LogP) is 1.63. The maximum atomic E-state index is 12.3. The first-order valence-corrected chi connectivity index (χ1v) is 7.26. The predicted molar refractivity (Wildman–Crippen MR) is 87.9 cm³/mol. The highest BCUT2D eigenvalue weighted by atomic mass is 35.5. The van der Waals surface area contributed by atoms with E-state index in [9.17, 15) is 4.79 Å². The standard InChI is InChI=1S/C14H27N3O.2ClH/c1-11(2)16(3)10-14(18)17-6-4-12-8-15-9-13(12)5-7-17;;/h11-13,15H,4-10H2,1-3H3;2*1H/t12-,13+;;. The smallest absolute Gasteiger partial charge is 0.236 e. The van der Waals surface area contributed by atoms with Crippen LogP contribution in [-0.2, 0) is 4.79 Å². The molecule has 2 saturated heterocycles. The number of fused-ring (bicyclic) bond motifs is 1. The van der Waals surface area contributed by atoms with Gasteiger partial charge in [-0.05, 0) is 58.7 Å². The summed E-state index contributed by atoms with van der Waals surface area (Å²) in [6.45, 7) is 9.03. The molecule has 0 radical (unpaired) electrons. The number of hydrogen-bond acceptors (Lipinski definition) is 3. The van der Waals surface area contributed by atoms with E-state index in [0.29, 0.717) is 18.5 Å². The Morgan fingerprint density at radius 3 is 2.15 bits per heavy atom. The van der Waals surface area contributed by atoms with Crippen molar-refractivity contribution < 1.29 is 4.79 Å². The average molecular weight is 326 g/mol. The van der Waals surface area contributed by atoms with Crippen LogP contribution in [0.3, 0.4) is 0 Å². The molecule has 20 heavy (non-hydrogen) atoms. The number of likely N-dealkylation sites (tertiary alicyclic amines) is 1. The highest BCUT2D eigenvalue weighted by Crippen LogP contribution is 2.27. The molecule has 2 heterocycles. The Labute approximate surface area is 135 Å². The van der Waals surface area contributed by atoms with Gasteiger partial charge in [-0.2, -0.15) is 0 Å². The molecule has 4 nitrogen and oxygen atoms in total. The number of nitrogens with zero attached hydrogens (tertiary/aromatic N) is 2. The van der Waals surface area contributed by atoms with Crippen LogP contribution in [0.5, 0.6) is 0 Å². The van der Waals surface area contributed by atoms with Crippen molar-refractivity contribution in [2.24, 2.45) is 11.8 Å². The Kier molecular flexibility index (Phi) is 9.07. The van der Waals surface area contributed by atoms with Crippen LogP contribution in [0.25, 0.3) is 0 Å². The SMILES string of the molecule is CC(C)N(C)CC(=O)N1CC[C@@H]2CNC[C@@H]2CC1.Cl.Cl. The first kappa shape index (κ1) is 20.0. The highest BCUT2D eigenvalue weighted by molar-refractivity contribution is 5.85. The van der Waals surface area contributed by atoms with E-state index in [1.165, 1.54) is 12.8 Å². The molecule has 1 amide bonds. The van der Waals surface area contributed by atoms with Crippen molar-refractivity contribution in [3.8, 4) is 0 Å². The van der Waals surface area contributed by atoms with Gasteiger partial charge in [0.25, 0.3) is 0 Å². The zero-order valence-electron chi connectivity index (χ0n) is 12.8. The fourth-order valence-electron chi connectivity index (χ4n) is 2.96. The van der Waals surface area contributed by atoms with Gasteiger partial charge in [-0.1, -0.05) is 0 Å². The topological polar surface area (TPSA) is 35.6 Å². The van der Waals surface area contributed by atoms with Gasteiger partial charge in [0.05, 0.1) is 6.54 Å². The Bertz CT molecular complexity index is 288. The third-order valence-corrected chi connectivity index (χ3v) is 4.64. The van der Waals surface area contributed by atoms with Gasteiger partial charge in [0.15, 0.2) is 0 Å². The van der Waals surface area contributed by atoms with Gasteiger partial charge in [0.1, 0.15) is 0 Å². The summed E-state index contributed by atoms with van der Waals surface area (Å²) in [5.41, 5.74) is 0. The van der Waals surface area contributed by atoms with Crippen LogP contribution >= 0.6 is 24.8 Å². The molecule has 0 aliphatic carbocycles. The molecule has 6 heteroatoms. The summed E-state index contributed by atoms with van der Waals surface area (Å²) in [5, 5.41) is 3.47. The third-order valence-electron chi connectivity index (χ3n) is 4.64. The molecule has 2 aliphatic heterocycles. The highest BCUT2D eigenvalue weighted by Gasteiger charge is 2.31. The zero-order chi connectivity index (χ0) is 13.1. The fourth-order valence-corrected chi connectivity index (χ4v) is 2.96. The van der Waals surface area contributed by atoms with Crippen LogP contribution in [0, 0.1) is 11.8 Å². The van der Waals surface area contributed by atoms with E-state index in [1.54, 1.807) is 0 Å². The molecule has 0 unspecified atom stereocenters. The van der Waals surface area contributed by atoms with Crippen LogP contribution in [0.15, 0.2) is 0 Å². The van der Waals surface area contributed by atoms with Gasteiger partial charge >= 0.3 is 0 Å². The van der Waals surface area contributed by atoms with E-state index in [1.807, 2.05) is 7.05 Å². The van der Waals surface area contributed by atoms with Crippen LogP contribution < -0.4 is 5.32 Å². The minimum atomic E-state index is 0. The number of rotatable bonds is 3. The molecule has 2 rings (SSSR count). The molecule has 0 saturated carbocycles. The van der Waals surface area contributed by atoms with E-state index >= 15 is 0 Å². The first-order valence-electron chi connectivity index (χ1n) is 7.26. The van der Waals surface area contributed by atoms with Gasteiger partial charge in [0.2, 0.25) is 5.91 Å². The van der Waals surface area contributed by atoms with Crippen molar-refractivity contribution in [3.63, 3.8) is 0 Å². The van der Waals surface area contributed by atoms with Crippen LogP contribution in [0.2, 0.25) is 0 Å². The van der Waals surface area contributed by atoms with E-state index in [4.69, 9.17) is 0 Å². The molecule has 1 N–H and O–H groups in total. The number of carbonyl (C=O) groups excluding carboxylic acids is 1. The molecule has 0 aromatic heterocycles. The molecule has 120 valence electrons. The number of halogens is 2. The lowest BCUT2D eigenvalue weighted by molar-refractivity contribution is -0.132. The van der Waals surface area contributed by atoms with Gasteiger partial charge in [0, 0.05) is 19.1 Å². The normalized spacial score (nSPS) is 25.8. The molecule has 2 fully saturated rings. The Morgan fingerprint density at radius 2 is 1.70 bits per heavy atom. The lowest BCUT2D eigenvalue weighted by Crippen LogP contribution is -2.41. The molecule has 0 aromatic carbocycles. The van der Waals surface area contributed by atoms with Crippen molar-refractivity contribution in [3.05, 3.63) is 0 Å². The van der Waals surface area contributed by atoms with Crippen LogP contribution in [0.1, 0.15) is 26.7 Å². The fraction of sp³-hybridized carbons (Fsp3) is 0.929. The van der Waals surface area contributed by atoms with Crippen molar-refractivity contribution in [2.75, 3.05) is 39.8 Å². The lowest BCUT2D eigenvalue weighted by atomic mass is 9.92. The van der Waals surface area contributed by atoms with Gasteiger partial charge in [-0.3, -0.25) is 9.69 Å². The second-order valence-corrected chi connectivity index (χ2v) is 6.15. The maximum absolute atomic E-state index is 12.3. The Morgan fingerprint density at radius 1 is 1.20 bits per heavy atom.